The number of carbonyl (C=O) groups excluding carboxylic acids is 1. The lowest BCUT2D eigenvalue weighted by Crippen LogP contribution is -2.13. The predicted molar refractivity (Wildman–Crippen MR) is 100.0 cm³/mol. The normalized spacial score (nSPS) is 11.9. The Kier molecular flexibility index (Phi) is 5.38. The number of carbonyl (C=O) groups is 1. The molecule has 0 aliphatic heterocycles. The van der Waals surface area contributed by atoms with Crippen LogP contribution in [-0.4, -0.2) is 30.8 Å². The fourth-order valence-corrected chi connectivity index (χ4v) is 2.94. The van der Waals surface area contributed by atoms with Gasteiger partial charge < -0.3 is 5.32 Å². The van der Waals surface area contributed by atoms with Gasteiger partial charge in [-0.15, -0.1) is 10.2 Å². The van der Waals surface area contributed by atoms with Crippen molar-refractivity contribution in [1.82, 2.24) is 10.2 Å². The average Bonchev–Trinajstić information content (AvgIpc) is 2.67. The Balaban J connectivity index is 1.75. The van der Waals surface area contributed by atoms with Gasteiger partial charge in [0, 0.05) is 23.1 Å². The maximum atomic E-state index is 12.8. The number of nitrogens with one attached hydrogen (secondary N) is 1. The van der Waals surface area contributed by atoms with E-state index in [1.54, 1.807) is 24.3 Å². The van der Waals surface area contributed by atoms with Crippen LogP contribution in [0, 0.1) is 0 Å². The molecule has 0 aliphatic carbocycles. The molecule has 150 valence electrons. The summed E-state index contributed by atoms with van der Waals surface area (Å²) in [6.07, 6.45) is -3.51. The Bertz CT molecular complexity index is 1140. The molecule has 0 unspecified atom stereocenters. The minimum atomic E-state index is -4.54. The number of halogens is 3. The smallest absolute Gasteiger partial charge is 0.322 e. The van der Waals surface area contributed by atoms with Crippen LogP contribution in [0.15, 0.2) is 65.7 Å². The summed E-state index contributed by atoms with van der Waals surface area (Å²) in [5.41, 5.74) is 0.391. The zero-order valence-electron chi connectivity index (χ0n) is 14.9. The Morgan fingerprint density at radius 1 is 0.966 bits per heavy atom. The first-order valence-electron chi connectivity index (χ1n) is 8.17. The van der Waals surface area contributed by atoms with Crippen LogP contribution in [0.25, 0.3) is 11.3 Å². The third kappa shape index (κ3) is 4.96. The summed E-state index contributed by atoms with van der Waals surface area (Å²) in [6.45, 7) is 0. The van der Waals surface area contributed by atoms with Crippen molar-refractivity contribution < 1.29 is 26.4 Å². The molecular weight excluding hydrogens is 407 g/mol. The van der Waals surface area contributed by atoms with E-state index in [4.69, 9.17) is 0 Å². The molecule has 0 fully saturated rings. The number of rotatable bonds is 4. The van der Waals surface area contributed by atoms with Gasteiger partial charge in [-0.3, -0.25) is 4.79 Å². The highest BCUT2D eigenvalue weighted by Crippen LogP contribution is 2.29. The first-order chi connectivity index (χ1) is 13.5. The topological polar surface area (TPSA) is 89.0 Å². The molecular formula is C19H14F3N3O3S. The van der Waals surface area contributed by atoms with Gasteiger partial charge in [0.2, 0.25) is 0 Å². The second kappa shape index (κ2) is 7.63. The highest BCUT2D eigenvalue weighted by Gasteiger charge is 2.30. The lowest BCUT2D eigenvalue weighted by molar-refractivity contribution is -0.137. The number of sulfone groups is 1. The van der Waals surface area contributed by atoms with Gasteiger partial charge >= 0.3 is 6.18 Å². The van der Waals surface area contributed by atoms with Gasteiger partial charge in [0.15, 0.2) is 14.9 Å². The molecule has 0 atom stereocenters. The Hall–Kier alpha value is -3.27. The molecule has 1 amide bonds. The van der Waals surface area contributed by atoms with Gasteiger partial charge in [-0.1, -0.05) is 18.2 Å². The second-order valence-corrected chi connectivity index (χ2v) is 8.10. The van der Waals surface area contributed by atoms with Gasteiger partial charge in [0.1, 0.15) is 0 Å². The molecule has 0 bridgehead atoms. The minimum absolute atomic E-state index is 0.119. The summed E-state index contributed by atoms with van der Waals surface area (Å²) < 4.78 is 61.2. The van der Waals surface area contributed by atoms with Crippen LogP contribution < -0.4 is 5.32 Å². The van der Waals surface area contributed by atoms with Crippen molar-refractivity contribution in [3.05, 3.63) is 71.8 Å². The van der Waals surface area contributed by atoms with Crippen LogP contribution in [0.2, 0.25) is 0 Å². The first-order valence-corrected chi connectivity index (χ1v) is 10.1. The zero-order chi connectivity index (χ0) is 21.2. The molecule has 0 radical (unpaired) electrons. The molecule has 6 nitrogen and oxygen atoms in total. The third-order valence-corrected chi connectivity index (χ3v) is 4.89. The van der Waals surface area contributed by atoms with Crippen LogP contribution in [0.5, 0.6) is 0 Å². The fraction of sp³-hybridized carbons (Fsp3) is 0.105. The number of hydrogen-bond donors (Lipinski definition) is 1. The van der Waals surface area contributed by atoms with Gasteiger partial charge in [0.25, 0.3) is 5.91 Å². The van der Waals surface area contributed by atoms with E-state index >= 15 is 0 Å². The van der Waals surface area contributed by atoms with E-state index in [0.29, 0.717) is 16.9 Å². The van der Waals surface area contributed by atoms with Crippen molar-refractivity contribution in [3.8, 4) is 11.3 Å². The average molecular weight is 421 g/mol. The lowest BCUT2D eigenvalue weighted by Gasteiger charge is -2.10. The highest BCUT2D eigenvalue weighted by molar-refractivity contribution is 7.90. The predicted octanol–water partition coefficient (Wildman–Crippen LogP) is 3.82. The van der Waals surface area contributed by atoms with Crippen molar-refractivity contribution >= 4 is 21.4 Å². The van der Waals surface area contributed by atoms with Crippen molar-refractivity contribution in [3.63, 3.8) is 0 Å². The molecule has 2 aromatic carbocycles. The number of hydrogen-bond acceptors (Lipinski definition) is 5. The van der Waals surface area contributed by atoms with E-state index in [2.05, 4.69) is 15.5 Å². The van der Waals surface area contributed by atoms with Crippen LogP contribution in [0.3, 0.4) is 0 Å². The molecule has 1 N–H and O–H groups in total. The van der Waals surface area contributed by atoms with Gasteiger partial charge in [-0.05, 0) is 42.5 Å². The minimum Gasteiger partial charge on any atom is -0.322 e. The monoisotopic (exact) mass is 421 g/mol. The Morgan fingerprint density at radius 3 is 2.21 bits per heavy atom. The van der Waals surface area contributed by atoms with Crippen molar-refractivity contribution in [2.45, 2.75) is 11.2 Å². The third-order valence-electron chi connectivity index (χ3n) is 3.91. The molecule has 0 spiro atoms. The van der Waals surface area contributed by atoms with Gasteiger partial charge in [0.05, 0.1) is 11.3 Å². The number of alkyl halides is 3. The summed E-state index contributed by atoms with van der Waals surface area (Å²) in [7, 11) is -3.45. The summed E-state index contributed by atoms with van der Waals surface area (Å²) in [4.78, 5) is 12.2. The van der Waals surface area contributed by atoms with E-state index in [-0.39, 0.29) is 10.6 Å². The summed E-state index contributed by atoms with van der Waals surface area (Å²) in [5, 5.41) is 9.90. The summed E-state index contributed by atoms with van der Waals surface area (Å²) in [5.74, 6) is -0.679. The molecule has 29 heavy (non-hydrogen) atoms. The van der Waals surface area contributed by atoms with E-state index in [1.165, 1.54) is 24.3 Å². The first kappa shape index (κ1) is 20.5. The largest absolute Gasteiger partial charge is 0.416 e. The van der Waals surface area contributed by atoms with E-state index in [1.807, 2.05) is 0 Å². The lowest BCUT2D eigenvalue weighted by atomic mass is 10.1. The van der Waals surface area contributed by atoms with Crippen LogP contribution in [0.4, 0.5) is 18.9 Å². The standard InChI is InChI=1S/C19H14F3N3O3S/c1-29(27,28)17-10-9-16(24-25-17)12-5-7-15(8-6-12)23-18(26)13-3-2-4-14(11-13)19(20,21)22/h2-11H,1H3,(H,23,26). The number of benzene rings is 2. The highest BCUT2D eigenvalue weighted by atomic mass is 32.2. The number of aromatic nitrogens is 2. The van der Waals surface area contributed by atoms with Crippen molar-refractivity contribution in [1.29, 1.82) is 0 Å². The number of nitrogens with zero attached hydrogens (tertiary/aromatic N) is 2. The summed E-state index contributed by atoms with van der Waals surface area (Å²) in [6, 6.07) is 13.3. The van der Waals surface area contributed by atoms with E-state index in [9.17, 15) is 26.4 Å². The molecule has 1 aromatic heterocycles. The van der Waals surface area contributed by atoms with E-state index < -0.39 is 27.5 Å². The quantitative estimate of drug-likeness (QED) is 0.692. The SMILES string of the molecule is CS(=O)(=O)c1ccc(-c2ccc(NC(=O)c3cccc(C(F)(F)F)c3)cc2)nn1. The number of amides is 1. The summed E-state index contributed by atoms with van der Waals surface area (Å²) >= 11 is 0. The van der Waals surface area contributed by atoms with Gasteiger partial charge in [-0.25, -0.2) is 8.42 Å². The Morgan fingerprint density at radius 2 is 1.66 bits per heavy atom. The van der Waals surface area contributed by atoms with E-state index in [0.717, 1.165) is 18.4 Å². The Labute approximate surface area is 164 Å². The second-order valence-electron chi connectivity index (χ2n) is 6.14. The molecule has 0 saturated heterocycles. The molecule has 0 aliphatic rings. The van der Waals surface area contributed by atoms with Crippen LogP contribution in [-0.2, 0) is 16.0 Å². The molecule has 0 saturated carbocycles. The molecule has 3 rings (SSSR count). The molecule has 3 aromatic rings. The fourth-order valence-electron chi connectivity index (χ4n) is 2.44. The van der Waals surface area contributed by atoms with Crippen molar-refractivity contribution in [2.75, 3.05) is 11.6 Å². The maximum absolute atomic E-state index is 12.8. The maximum Gasteiger partial charge on any atom is 0.416 e. The van der Waals surface area contributed by atoms with Gasteiger partial charge in [-0.2, -0.15) is 13.2 Å². The molecule has 10 heteroatoms. The van der Waals surface area contributed by atoms with Crippen LogP contribution in [0.1, 0.15) is 15.9 Å². The number of anilines is 1. The zero-order valence-corrected chi connectivity index (χ0v) is 15.8. The van der Waals surface area contributed by atoms with Crippen molar-refractivity contribution in [2.24, 2.45) is 0 Å². The molecule has 1 heterocycles. The van der Waals surface area contributed by atoms with Crippen LogP contribution >= 0.6 is 0 Å².